The summed E-state index contributed by atoms with van der Waals surface area (Å²) in [5.74, 6) is 0.153. The zero-order chi connectivity index (χ0) is 9.84. The number of ether oxygens (including phenoxy) is 1. The van der Waals surface area contributed by atoms with Gasteiger partial charge in [0.15, 0.2) is 0 Å². The van der Waals surface area contributed by atoms with Gasteiger partial charge >= 0.3 is 0 Å². The van der Waals surface area contributed by atoms with Gasteiger partial charge in [-0.15, -0.1) is 0 Å². The Kier molecular flexibility index (Phi) is 3.69. The Morgan fingerprint density at radius 2 is 2.38 bits per heavy atom. The van der Waals surface area contributed by atoms with E-state index < -0.39 is 0 Å². The third kappa shape index (κ3) is 3.32. The summed E-state index contributed by atoms with van der Waals surface area (Å²) in [6.07, 6.45) is 0.716. The Hall–Kier alpha value is -0.610. The second kappa shape index (κ2) is 4.58. The molecule has 1 amide bonds. The molecule has 0 aromatic heterocycles. The predicted octanol–water partition coefficient (Wildman–Crippen LogP) is -0.0290. The Labute approximate surface area is 79.0 Å². The molecule has 1 saturated heterocycles. The van der Waals surface area contributed by atoms with Gasteiger partial charge in [-0.25, -0.2) is 0 Å². The van der Waals surface area contributed by atoms with E-state index in [9.17, 15) is 4.79 Å². The summed E-state index contributed by atoms with van der Waals surface area (Å²) in [6, 6.07) is 0.0200. The Balaban J connectivity index is 2.18. The van der Waals surface area contributed by atoms with Crippen LogP contribution in [0.15, 0.2) is 0 Å². The highest BCUT2D eigenvalue weighted by molar-refractivity contribution is 5.79. The van der Waals surface area contributed by atoms with Crippen LogP contribution in [0.1, 0.15) is 20.3 Å². The van der Waals surface area contributed by atoms with Crippen LogP contribution in [0.4, 0.5) is 0 Å². The van der Waals surface area contributed by atoms with E-state index in [1.165, 1.54) is 0 Å². The normalized spacial score (nSPS) is 23.2. The average molecular weight is 186 g/mol. The first-order chi connectivity index (χ1) is 6.09. The van der Waals surface area contributed by atoms with Gasteiger partial charge in [0.25, 0.3) is 0 Å². The average Bonchev–Trinajstić information content (AvgIpc) is 2.29. The highest BCUT2D eigenvalue weighted by Gasteiger charge is 2.26. The van der Waals surface area contributed by atoms with Crippen molar-refractivity contribution in [3.05, 3.63) is 0 Å². The highest BCUT2D eigenvalue weighted by atomic mass is 16.5. The first kappa shape index (κ1) is 10.5. The van der Waals surface area contributed by atoms with E-state index in [0.29, 0.717) is 26.1 Å². The lowest BCUT2D eigenvalue weighted by atomic mass is 10.3. The molecule has 1 fully saturated rings. The number of carbonyl (C=O) groups is 1. The van der Waals surface area contributed by atoms with Gasteiger partial charge in [-0.1, -0.05) is 0 Å². The van der Waals surface area contributed by atoms with Crippen molar-refractivity contribution in [2.75, 3.05) is 19.7 Å². The van der Waals surface area contributed by atoms with Gasteiger partial charge in [-0.05, 0) is 13.8 Å². The topological polar surface area (TPSA) is 55.6 Å². The summed E-state index contributed by atoms with van der Waals surface area (Å²) in [5, 5.41) is 0. The van der Waals surface area contributed by atoms with Crippen molar-refractivity contribution in [2.45, 2.75) is 32.4 Å². The fraction of sp³-hybridized carbons (Fsp3) is 0.889. The summed E-state index contributed by atoms with van der Waals surface area (Å²) >= 11 is 0. The predicted molar refractivity (Wildman–Crippen MR) is 50.3 cm³/mol. The molecule has 1 unspecified atom stereocenters. The second-order valence-corrected chi connectivity index (χ2v) is 3.72. The van der Waals surface area contributed by atoms with Crippen LogP contribution in [0.3, 0.4) is 0 Å². The van der Waals surface area contributed by atoms with Crippen LogP contribution < -0.4 is 5.73 Å². The van der Waals surface area contributed by atoms with E-state index >= 15 is 0 Å². The van der Waals surface area contributed by atoms with Crippen molar-refractivity contribution in [1.29, 1.82) is 0 Å². The van der Waals surface area contributed by atoms with Gasteiger partial charge in [-0.2, -0.15) is 0 Å². The van der Waals surface area contributed by atoms with E-state index in [4.69, 9.17) is 10.5 Å². The summed E-state index contributed by atoms with van der Waals surface area (Å²) in [7, 11) is 0. The molecule has 1 aliphatic rings. The van der Waals surface area contributed by atoms with Crippen molar-refractivity contribution in [1.82, 2.24) is 4.90 Å². The van der Waals surface area contributed by atoms with Crippen molar-refractivity contribution in [3.8, 4) is 0 Å². The van der Waals surface area contributed by atoms with Crippen LogP contribution in [0.2, 0.25) is 0 Å². The van der Waals surface area contributed by atoms with Gasteiger partial charge < -0.3 is 15.4 Å². The Bertz CT molecular complexity index is 182. The maximum atomic E-state index is 11.3. The second-order valence-electron chi connectivity index (χ2n) is 3.72. The van der Waals surface area contributed by atoms with Crippen molar-refractivity contribution in [3.63, 3.8) is 0 Å². The molecule has 0 aliphatic carbocycles. The standard InChI is InChI=1S/C9H18N2O2/c1-7(2)13-4-3-11-6-8(10)5-9(11)12/h7-8H,3-6,10H2,1-2H3. The molecule has 2 N–H and O–H groups in total. The van der Waals surface area contributed by atoms with Gasteiger partial charge in [0.1, 0.15) is 0 Å². The molecule has 1 atom stereocenters. The third-order valence-corrected chi connectivity index (χ3v) is 2.06. The van der Waals surface area contributed by atoms with Crippen molar-refractivity contribution < 1.29 is 9.53 Å². The van der Waals surface area contributed by atoms with E-state index in [1.807, 2.05) is 13.8 Å². The molecule has 0 spiro atoms. The number of hydrogen-bond donors (Lipinski definition) is 1. The molecule has 0 bridgehead atoms. The third-order valence-electron chi connectivity index (χ3n) is 2.06. The first-order valence-corrected chi connectivity index (χ1v) is 4.74. The smallest absolute Gasteiger partial charge is 0.224 e. The molecule has 1 heterocycles. The zero-order valence-electron chi connectivity index (χ0n) is 8.32. The van der Waals surface area contributed by atoms with Crippen LogP contribution in [0.5, 0.6) is 0 Å². The Morgan fingerprint density at radius 3 is 2.85 bits per heavy atom. The van der Waals surface area contributed by atoms with E-state index in [0.717, 1.165) is 0 Å². The fourth-order valence-electron chi connectivity index (χ4n) is 1.42. The van der Waals surface area contributed by atoms with E-state index in [2.05, 4.69) is 0 Å². The monoisotopic (exact) mass is 186 g/mol. The van der Waals surface area contributed by atoms with Crippen molar-refractivity contribution in [2.24, 2.45) is 5.73 Å². The van der Waals surface area contributed by atoms with Crippen LogP contribution in [0, 0.1) is 0 Å². The molecule has 1 aliphatic heterocycles. The Morgan fingerprint density at radius 1 is 1.69 bits per heavy atom. The molecule has 0 aromatic carbocycles. The summed E-state index contributed by atoms with van der Waals surface area (Å²) in [4.78, 5) is 13.0. The summed E-state index contributed by atoms with van der Waals surface area (Å²) in [5.41, 5.74) is 5.64. The number of carbonyl (C=O) groups excluding carboxylic acids is 1. The highest BCUT2D eigenvalue weighted by Crippen LogP contribution is 2.08. The minimum atomic E-state index is 0.0200. The van der Waals surface area contributed by atoms with Crippen LogP contribution in [-0.2, 0) is 9.53 Å². The maximum Gasteiger partial charge on any atom is 0.224 e. The zero-order valence-corrected chi connectivity index (χ0v) is 8.32. The lowest BCUT2D eigenvalue weighted by molar-refractivity contribution is -0.128. The van der Waals surface area contributed by atoms with E-state index in [-0.39, 0.29) is 18.1 Å². The molecular weight excluding hydrogens is 168 g/mol. The summed E-state index contributed by atoms with van der Waals surface area (Å²) < 4.78 is 5.35. The van der Waals surface area contributed by atoms with Gasteiger partial charge in [-0.3, -0.25) is 4.79 Å². The number of nitrogens with two attached hydrogens (primary N) is 1. The van der Waals surface area contributed by atoms with Gasteiger partial charge in [0, 0.05) is 25.6 Å². The quantitative estimate of drug-likeness (QED) is 0.671. The lowest BCUT2D eigenvalue weighted by Gasteiger charge is -2.16. The summed E-state index contributed by atoms with van der Waals surface area (Å²) in [6.45, 7) is 5.93. The molecule has 1 rings (SSSR count). The van der Waals surface area contributed by atoms with E-state index in [1.54, 1.807) is 4.90 Å². The minimum Gasteiger partial charge on any atom is -0.377 e. The van der Waals surface area contributed by atoms with Gasteiger partial charge in [0.2, 0.25) is 5.91 Å². The van der Waals surface area contributed by atoms with Crippen LogP contribution in [0.25, 0.3) is 0 Å². The molecule has 4 nitrogen and oxygen atoms in total. The SMILES string of the molecule is CC(C)OCCN1CC(N)CC1=O. The van der Waals surface area contributed by atoms with Crippen LogP contribution >= 0.6 is 0 Å². The maximum absolute atomic E-state index is 11.3. The minimum absolute atomic E-state index is 0.0200. The number of amides is 1. The number of rotatable bonds is 4. The van der Waals surface area contributed by atoms with Gasteiger partial charge in [0.05, 0.1) is 12.7 Å². The molecule has 0 radical (unpaired) electrons. The lowest BCUT2D eigenvalue weighted by Crippen LogP contribution is -2.31. The number of likely N-dealkylation sites (tertiary alicyclic amines) is 1. The van der Waals surface area contributed by atoms with Crippen LogP contribution in [-0.4, -0.2) is 42.6 Å². The molecular formula is C9H18N2O2. The number of nitrogens with zero attached hydrogens (tertiary/aromatic N) is 1. The molecule has 0 saturated carbocycles. The van der Waals surface area contributed by atoms with Crippen molar-refractivity contribution >= 4 is 5.91 Å². The largest absolute Gasteiger partial charge is 0.377 e. The molecule has 0 aromatic rings. The molecule has 4 heteroatoms. The molecule has 76 valence electrons. The molecule has 13 heavy (non-hydrogen) atoms. The first-order valence-electron chi connectivity index (χ1n) is 4.74. The fourth-order valence-corrected chi connectivity index (χ4v) is 1.42. The number of hydrogen-bond acceptors (Lipinski definition) is 3.